The summed E-state index contributed by atoms with van der Waals surface area (Å²) in [6.07, 6.45) is 3.26. The molecule has 172 valence electrons. The third-order valence-corrected chi connectivity index (χ3v) is 8.63. The van der Waals surface area contributed by atoms with Crippen molar-refractivity contribution in [3.05, 3.63) is 59.7 Å². The first-order valence-corrected chi connectivity index (χ1v) is 11.7. The molecule has 4 heterocycles. The van der Waals surface area contributed by atoms with Gasteiger partial charge >= 0.3 is 0 Å². The van der Waals surface area contributed by atoms with Gasteiger partial charge in [-0.1, -0.05) is 36.4 Å². The third kappa shape index (κ3) is 1.62. The zero-order valence-corrected chi connectivity index (χ0v) is 18.8. The van der Waals surface area contributed by atoms with E-state index in [1.54, 1.807) is 18.2 Å². The van der Waals surface area contributed by atoms with Crippen molar-refractivity contribution in [1.82, 2.24) is 0 Å². The highest BCUT2D eigenvalue weighted by Gasteiger charge is 2.97. The van der Waals surface area contributed by atoms with Crippen molar-refractivity contribution in [2.45, 2.75) is 67.8 Å². The Labute approximate surface area is 195 Å². The minimum atomic E-state index is -1.65. The first-order valence-electron chi connectivity index (χ1n) is 11.7. The van der Waals surface area contributed by atoms with Crippen LogP contribution in [0.25, 0.3) is 0 Å². The van der Waals surface area contributed by atoms with E-state index in [4.69, 9.17) is 14.2 Å². The number of carbonyl (C=O) groups is 3. The molecule has 34 heavy (non-hydrogen) atoms. The van der Waals surface area contributed by atoms with E-state index in [1.807, 2.05) is 30.3 Å². The fourth-order valence-corrected chi connectivity index (χ4v) is 7.11. The summed E-state index contributed by atoms with van der Waals surface area (Å²) in [4.78, 5) is 42.7. The third-order valence-electron chi connectivity index (χ3n) is 8.63. The van der Waals surface area contributed by atoms with Crippen LogP contribution in [-0.2, 0) is 39.8 Å². The standard InChI is InChI=1S/C26H22N2O6/c1-15(29)27-19-9-5-3-7-17(19)24(21(27)31)25-18-8-4-6-10-20(18)28(16(2)30)26(25,34-24)33-23(13-14-23)22(32-25)11-12-22/h3-10H,11-14H2,1-2H3/t24-,25+,26+/m0/s1. The van der Waals surface area contributed by atoms with Gasteiger partial charge in [0, 0.05) is 25.0 Å². The molecule has 2 saturated heterocycles. The molecule has 0 N–H and O–H groups in total. The summed E-state index contributed by atoms with van der Waals surface area (Å²) in [5.74, 6) is -2.80. The van der Waals surface area contributed by atoms with Gasteiger partial charge in [0.1, 0.15) is 5.60 Å². The van der Waals surface area contributed by atoms with Crippen molar-refractivity contribution >= 4 is 29.1 Å². The monoisotopic (exact) mass is 458 g/mol. The SMILES string of the molecule is CC(=O)N1C(=O)[C@@]2(O[C@]34OC5(CC5)C5(CC5)O[C@@]32c2ccccc2N4C(C)=O)c2ccccc21. The second-order valence-corrected chi connectivity index (χ2v) is 10.3. The first-order chi connectivity index (χ1) is 16.3. The molecule has 8 rings (SSSR count). The van der Waals surface area contributed by atoms with Gasteiger partial charge < -0.3 is 14.2 Å². The fourth-order valence-electron chi connectivity index (χ4n) is 7.11. The average Bonchev–Trinajstić information content (AvgIpc) is 3.70. The summed E-state index contributed by atoms with van der Waals surface area (Å²) < 4.78 is 20.7. The normalized spacial score (nSPS) is 36.1. The lowest BCUT2D eigenvalue weighted by molar-refractivity contribution is -0.539. The molecule has 2 saturated carbocycles. The molecule has 0 aromatic heterocycles. The Kier molecular flexibility index (Phi) is 2.99. The number of benzene rings is 2. The molecule has 3 atom stereocenters. The molecule has 4 aliphatic heterocycles. The maximum atomic E-state index is 14.2. The molecule has 0 bridgehead atoms. The number of para-hydroxylation sites is 2. The Morgan fingerprint density at radius 2 is 1.35 bits per heavy atom. The molecule has 0 radical (unpaired) electrons. The molecule has 4 fully saturated rings. The Hall–Kier alpha value is -3.07. The zero-order valence-electron chi connectivity index (χ0n) is 18.8. The fraction of sp³-hybridized carbons (Fsp3) is 0.423. The number of rotatable bonds is 0. The number of anilines is 2. The Bertz CT molecular complexity index is 1380. The summed E-state index contributed by atoms with van der Waals surface area (Å²) in [7, 11) is 0. The molecular formula is C26H22N2O6. The van der Waals surface area contributed by atoms with Crippen molar-refractivity contribution in [3.8, 4) is 0 Å². The van der Waals surface area contributed by atoms with E-state index >= 15 is 0 Å². The number of hydrogen-bond donors (Lipinski definition) is 0. The summed E-state index contributed by atoms with van der Waals surface area (Å²) in [6.45, 7) is 2.83. The van der Waals surface area contributed by atoms with E-state index in [1.165, 1.54) is 18.7 Å². The second kappa shape index (κ2) is 5.27. The van der Waals surface area contributed by atoms with Crippen LogP contribution >= 0.6 is 0 Å². The minimum Gasteiger partial charge on any atom is -0.349 e. The van der Waals surface area contributed by atoms with E-state index in [-0.39, 0.29) is 5.91 Å². The lowest BCUT2D eigenvalue weighted by Crippen LogP contribution is -2.88. The topological polar surface area (TPSA) is 85.4 Å². The van der Waals surface area contributed by atoms with Gasteiger partial charge in [-0.2, -0.15) is 0 Å². The quantitative estimate of drug-likeness (QED) is 0.604. The predicted octanol–water partition coefficient (Wildman–Crippen LogP) is 2.83. The Balaban J connectivity index is 1.47. The molecule has 0 unspecified atom stereocenters. The van der Waals surface area contributed by atoms with Crippen LogP contribution in [0.4, 0.5) is 11.4 Å². The smallest absolute Gasteiger partial charge is 0.299 e. The number of nitrogens with zero attached hydrogens (tertiary/aromatic N) is 2. The van der Waals surface area contributed by atoms with E-state index in [2.05, 4.69) is 0 Å². The lowest BCUT2D eigenvalue weighted by Gasteiger charge is -2.68. The number of hydrogen-bond acceptors (Lipinski definition) is 6. The molecular weight excluding hydrogens is 436 g/mol. The number of imide groups is 1. The molecule has 8 nitrogen and oxygen atoms in total. The minimum absolute atomic E-state index is 0.266. The zero-order chi connectivity index (χ0) is 23.3. The maximum Gasteiger partial charge on any atom is 0.299 e. The molecule has 6 aliphatic rings. The highest BCUT2D eigenvalue weighted by Crippen LogP contribution is 2.82. The van der Waals surface area contributed by atoms with E-state index in [9.17, 15) is 14.4 Å². The highest BCUT2D eigenvalue weighted by molar-refractivity contribution is 6.23. The maximum absolute atomic E-state index is 14.2. The van der Waals surface area contributed by atoms with E-state index in [0.29, 0.717) is 22.5 Å². The van der Waals surface area contributed by atoms with Crippen molar-refractivity contribution in [2.24, 2.45) is 0 Å². The first kappa shape index (κ1) is 19.3. The number of fused-ring (bicyclic) bond motifs is 4. The predicted molar refractivity (Wildman–Crippen MR) is 117 cm³/mol. The van der Waals surface area contributed by atoms with Gasteiger partial charge in [0.2, 0.25) is 23.0 Å². The van der Waals surface area contributed by atoms with Crippen LogP contribution in [-0.4, -0.2) is 34.8 Å². The number of ether oxygens (including phenoxy) is 3. The van der Waals surface area contributed by atoms with Crippen LogP contribution in [0.5, 0.6) is 0 Å². The van der Waals surface area contributed by atoms with Crippen LogP contribution in [0.1, 0.15) is 50.7 Å². The largest absolute Gasteiger partial charge is 0.349 e. The Morgan fingerprint density at radius 3 is 1.97 bits per heavy atom. The summed E-state index contributed by atoms with van der Waals surface area (Å²) in [5.41, 5.74) is -1.86. The summed E-state index contributed by atoms with van der Waals surface area (Å²) in [6, 6.07) is 14.6. The van der Waals surface area contributed by atoms with Crippen molar-refractivity contribution in [3.63, 3.8) is 0 Å². The second-order valence-electron chi connectivity index (χ2n) is 10.3. The molecule has 3 spiro atoms. The molecule has 2 aliphatic carbocycles. The molecule has 2 aromatic rings. The van der Waals surface area contributed by atoms with E-state index < -0.39 is 40.1 Å². The molecule has 2 aromatic carbocycles. The average molecular weight is 458 g/mol. The number of carbonyl (C=O) groups excluding carboxylic acids is 3. The number of amides is 3. The van der Waals surface area contributed by atoms with Gasteiger partial charge in [0.15, 0.2) is 0 Å². The van der Waals surface area contributed by atoms with Gasteiger partial charge in [-0.15, -0.1) is 0 Å². The highest BCUT2D eigenvalue weighted by atomic mass is 16.8. The van der Waals surface area contributed by atoms with Gasteiger partial charge in [-0.3, -0.25) is 19.3 Å². The van der Waals surface area contributed by atoms with Gasteiger partial charge in [-0.25, -0.2) is 4.90 Å². The van der Waals surface area contributed by atoms with Crippen molar-refractivity contribution in [1.29, 1.82) is 0 Å². The lowest BCUT2D eigenvalue weighted by atomic mass is 9.66. The van der Waals surface area contributed by atoms with E-state index in [0.717, 1.165) is 30.6 Å². The Morgan fingerprint density at radius 1 is 0.765 bits per heavy atom. The molecule has 3 amide bonds. The van der Waals surface area contributed by atoms with Crippen LogP contribution in [0.15, 0.2) is 48.5 Å². The molecule has 8 heteroatoms. The van der Waals surface area contributed by atoms with Gasteiger partial charge in [-0.05, 0) is 37.8 Å². The van der Waals surface area contributed by atoms with Crippen LogP contribution < -0.4 is 9.80 Å². The van der Waals surface area contributed by atoms with Crippen LogP contribution in [0, 0.1) is 0 Å². The van der Waals surface area contributed by atoms with Crippen molar-refractivity contribution in [2.75, 3.05) is 9.80 Å². The van der Waals surface area contributed by atoms with Crippen molar-refractivity contribution < 1.29 is 28.6 Å². The van der Waals surface area contributed by atoms with Gasteiger partial charge in [0.05, 0.1) is 17.0 Å². The van der Waals surface area contributed by atoms with Crippen LogP contribution in [0.2, 0.25) is 0 Å². The summed E-state index contributed by atoms with van der Waals surface area (Å²) >= 11 is 0. The van der Waals surface area contributed by atoms with Gasteiger partial charge in [0.25, 0.3) is 11.8 Å². The summed E-state index contributed by atoms with van der Waals surface area (Å²) in [5, 5.41) is 0. The van der Waals surface area contributed by atoms with Crippen LogP contribution in [0.3, 0.4) is 0 Å².